The van der Waals surface area contributed by atoms with Gasteiger partial charge >= 0.3 is 0 Å². The van der Waals surface area contributed by atoms with Gasteiger partial charge in [-0.1, -0.05) is 56.3 Å². The number of carbonyl (C=O) groups is 2. The van der Waals surface area contributed by atoms with E-state index >= 15 is 0 Å². The molecule has 0 bridgehead atoms. The Hall–Kier alpha value is -3.08. The predicted octanol–water partition coefficient (Wildman–Crippen LogP) is 4.49. The van der Waals surface area contributed by atoms with Crippen molar-refractivity contribution in [2.45, 2.75) is 39.7 Å². The molecule has 0 spiro atoms. The van der Waals surface area contributed by atoms with Crippen molar-refractivity contribution in [2.24, 2.45) is 5.92 Å². The molecule has 31 heavy (non-hydrogen) atoms. The summed E-state index contributed by atoms with van der Waals surface area (Å²) in [5.41, 5.74) is 2.78. The molecular formula is C26H30N2O3. The van der Waals surface area contributed by atoms with Crippen molar-refractivity contribution in [2.75, 3.05) is 19.7 Å². The second kappa shape index (κ2) is 9.38. The van der Waals surface area contributed by atoms with Crippen molar-refractivity contribution < 1.29 is 14.3 Å². The van der Waals surface area contributed by atoms with Gasteiger partial charge in [-0.3, -0.25) is 14.5 Å². The maximum Gasteiger partial charge on any atom is 0.278 e. The first-order valence-electron chi connectivity index (χ1n) is 11.2. The van der Waals surface area contributed by atoms with Crippen molar-refractivity contribution in [1.29, 1.82) is 0 Å². The molecule has 2 aromatic rings. The third-order valence-corrected chi connectivity index (χ3v) is 5.73. The molecule has 2 aliphatic heterocycles. The Morgan fingerprint density at radius 2 is 1.55 bits per heavy atom. The van der Waals surface area contributed by atoms with Crippen LogP contribution in [-0.2, 0) is 16.1 Å². The van der Waals surface area contributed by atoms with Crippen LogP contribution in [0.25, 0.3) is 5.57 Å². The number of likely N-dealkylation sites (tertiary alicyclic amines) is 1. The molecule has 2 amide bonds. The molecule has 2 aliphatic rings. The molecule has 1 fully saturated rings. The van der Waals surface area contributed by atoms with E-state index < -0.39 is 0 Å². The first kappa shape index (κ1) is 21.2. The van der Waals surface area contributed by atoms with E-state index in [1.54, 1.807) is 0 Å². The number of imide groups is 1. The Morgan fingerprint density at radius 3 is 2.19 bits per heavy atom. The zero-order valence-electron chi connectivity index (χ0n) is 18.3. The van der Waals surface area contributed by atoms with E-state index in [-0.39, 0.29) is 18.4 Å². The SMILES string of the molecule is CC(C)COc1ccc(C2=C(N3CCCCC3)C(=O)N(Cc3ccccc3)C2=O)cc1. The maximum absolute atomic E-state index is 13.5. The highest BCUT2D eigenvalue weighted by Crippen LogP contribution is 2.34. The second-order valence-corrected chi connectivity index (χ2v) is 8.68. The number of rotatable bonds is 7. The Labute approximate surface area is 184 Å². The van der Waals surface area contributed by atoms with Gasteiger partial charge in [-0.05, 0) is 48.4 Å². The summed E-state index contributed by atoms with van der Waals surface area (Å²) >= 11 is 0. The third-order valence-electron chi connectivity index (χ3n) is 5.73. The van der Waals surface area contributed by atoms with Gasteiger partial charge in [0.2, 0.25) is 0 Å². The highest BCUT2D eigenvalue weighted by atomic mass is 16.5. The molecule has 0 atom stereocenters. The molecular weight excluding hydrogens is 388 g/mol. The summed E-state index contributed by atoms with van der Waals surface area (Å²) in [6, 6.07) is 17.2. The molecule has 5 nitrogen and oxygen atoms in total. The summed E-state index contributed by atoms with van der Waals surface area (Å²) in [5, 5.41) is 0. The predicted molar refractivity (Wildman–Crippen MR) is 121 cm³/mol. The molecule has 0 aliphatic carbocycles. The topological polar surface area (TPSA) is 49.9 Å². The van der Waals surface area contributed by atoms with Crippen LogP contribution >= 0.6 is 0 Å². The van der Waals surface area contributed by atoms with Crippen LogP contribution in [0.4, 0.5) is 0 Å². The van der Waals surface area contributed by atoms with Gasteiger partial charge in [0.1, 0.15) is 11.4 Å². The maximum atomic E-state index is 13.5. The number of nitrogens with zero attached hydrogens (tertiary/aromatic N) is 2. The molecule has 2 heterocycles. The summed E-state index contributed by atoms with van der Waals surface area (Å²) in [7, 11) is 0. The van der Waals surface area contributed by atoms with Crippen LogP contribution in [0.15, 0.2) is 60.3 Å². The fraction of sp³-hybridized carbons (Fsp3) is 0.385. The zero-order valence-corrected chi connectivity index (χ0v) is 18.3. The molecule has 0 N–H and O–H groups in total. The average molecular weight is 419 g/mol. The third kappa shape index (κ3) is 4.66. The van der Waals surface area contributed by atoms with E-state index in [1.165, 1.54) is 4.90 Å². The summed E-state index contributed by atoms with van der Waals surface area (Å²) in [6.45, 7) is 6.76. The average Bonchev–Trinajstić information content (AvgIpc) is 3.04. The molecule has 4 rings (SSSR count). The lowest BCUT2D eigenvalue weighted by Gasteiger charge is -2.29. The van der Waals surface area contributed by atoms with Gasteiger partial charge in [0.25, 0.3) is 11.8 Å². The number of amides is 2. The lowest BCUT2D eigenvalue weighted by Crippen LogP contribution is -2.36. The van der Waals surface area contributed by atoms with E-state index in [2.05, 4.69) is 18.7 Å². The number of benzene rings is 2. The van der Waals surface area contributed by atoms with Crippen molar-refractivity contribution in [3.05, 3.63) is 71.4 Å². The molecule has 0 radical (unpaired) electrons. The second-order valence-electron chi connectivity index (χ2n) is 8.68. The van der Waals surface area contributed by atoms with Crippen molar-refractivity contribution in [3.8, 4) is 5.75 Å². The number of carbonyl (C=O) groups excluding carboxylic acids is 2. The largest absolute Gasteiger partial charge is 0.493 e. The van der Waals surface area contributed by atoms with Crippen molar-refractivity contribution in [3.63, 3.8) is 0 Å². The van der Waals surface area contributed by atoms with Crippen molar-refractivity contribution in [1.82, 2.24) is 9.80 Å². The van der Waals surface area contributed by atoms with Crippen LogP contribution in [0.5, 0.6) is 5.75 Å². The molecule has 0 saturated carbocycles. The first-order chi connectivity index (χ1) is 15.0. The fourth-order valence-corrected chi connectivity index (χ4v) is 4.12. The zero-order chi connectivity index (χ0) is 21.8. The minimum absolute atomic E-state index is 0.189. The molecule has 0 unspecified atom stereocenters. The van der Waals surface area contributed by atoms with E-state index in [0.29, 0.717) is 23.8 Å². The van der Waals surface area contributed by atoms with Crippen LogP contribution < -0.4 is 4.74 Å². The van der Waals surface area contributed by atoms with Gasteiger partial charge < -0.3 is 9.64 Å². The van der Waals surface area contributed by atoms with E-state index in [4.69, 9.17) is 4.74 Å². The van der Waals surface area contributed by atoms with Crippen molar-refractivity contribution >= 4 is 17.4 Å². The van der Waals surface area contributed by atoms with Crippen LogP contribution in [0.3, 0.4) is 0 Å². The molecule has 5 heteroatoms. The minimum atomic E-state index is -0.217. The van der Waals surface area contributed by atoms with Gasteiger partial charge in [0.05, 0.1) is 18.7 Å². The van der Waals surface area contributed by atoms with Gasteiger partial charge in [0, 0.05) is 13.1 Å². The molecule has 2 aromatic carbocycles. The van der Waals surface area contributed by atoms with Gasteiger partial charge in [-0.15, -0.1) is 0 Å². The Kier molecular flexibility index (Phi) is 6.40. The fourth-order valence-electron chi connectivity index (χ4n) is 4.12. The Balaban J connectivity index is 1.65. The Morgan fingerprint density at radius 1 is 0.871 bits per heavy atom. The lowest BCUT2D eigenvalue weighted by atomic mass is 10.0. The first-order valence-corrected chi connectivity index (χ1v) is 11.2. The summed E-state index contributed by atoms with van der Waals surface area (Å²) < 4.78 is 5.79. The molecule has 1 saturated heterocycles. The Bertz CT molecular complexity index is 958. The van der Waals surface area contributed by atoms with E-state index in [1.807, 2.05) is 54.6 Å². The van der Waals surface area contributed by atoms with Crippen LogP contribution in [0.2, 0.25) is 0 Å². The minimum Gasteiger partial charge on any atom is -0.493 e. The smallest absolute Gasteiger partial charge is 0.278 e. The number of hydrogen-bond acceptors (Lipinski definition) is 4. The highest BCUT2D eigenvalue weighted by Gasteiger charge is 2.41. The van der Waals surface area contributed by atoms with Gasteiger partial charge in [-0.2, -0.15) is 0 Å². The number of hydrogen-bond donors (Lipinski definition) is 0. The monoisotopic (exact) mass is 418 g/mol. The number of piperidine rings is 1. The quantitative estimate of drug-likeness (QED) is 0.622. The normalized spacial score (nSPS) is 17.1. The summed E-state index contributed by atoms with van der Waals surface area (Å²) in [5.74, 6) is 0.806. The number of ether oxygens (including phenoxy) is 1. The molecule has 162 valence electrons. The lowest BCUT2D eigenvalue weighted by molar-refractivity contribution is -0.138. The highest BCUT2D eigenvalue weighted by molar-refractivity contribution is 6.35. The standard InChI is InChI=1S/C26H30N2O3/c1-19(2)18-31-22-13-11-21(12-14-22)23-24(27-15-7-4-8-16-27)26(30)28(25(23)29)17-20-9-5-3-6-10-20/h3,5-6,9-14,19H,4,7-8,15-18H2,1-2H3. The van der Waals surface area contributed by atoms with Crippen LogP contribution in [-0.4, -0.2) is 41.3 Å². The molecule has 0 aromatic heterocycles. The van der Waals surface area contributed by atoms with E-state index in [0.717, 1.165) is 49.2 Å². The van der Waals surface area contributed by atoms with Gasteiger partial charge in [0.15, 0.2) is 0 Å². The summed E-state index contributed by atoms with van der Waals surface area (Å²) in [6.07, 6.45) is 3.24. The van der Waals surface area contributed by atoms with Gasteiger partial charge in [-0.25, -0.2) is 0 Å². The van der Waals surface area contributed by atoms with Crippen LogP contribution in [0, 0.1) is 5.92 Å². The summed E-state index contributed by atoms with van der Waals surface area (Å²) in [4.78, 5) is 30.4. The van der Waals surface area contributed by atoms with E-state index in [9.17, 15) is 9.59 Å². The van der Waals surface area contributed by atoms with Crippen LogP contribution in [0.1, 0.15) is 44.2 Å².